The molecule has 6 rings (SSSR count). The van der Waals surface area contributed by atoms with Gasteiger partial charge in [-0.2, -0.15) is 0 Å². The van der Waals surface area contributed by atoms with Crippen molar-refractivity contribution >= 4 is 0 Å². The van der Waals surface area contributed by atoms with Crippen LogP contribution in [0.1, 0.15) is 79.1 Å². The zero-order valence-corrected chi connectivity index (χ0v) is 19.0. The molecule has 2 aliphatic heterocycles. The van der Waals surface area contributed by atoms with Gasteiger partial charge in [-0.15, -0.1) is 0 Å². The number of allylic oxidation sites excluding steroid dienone is 4. The Hall–Kier alpha value is -0.600. The van der Waals surface area contributed by atoms with Crippen molar-refractivity contribution in [3.05, 3.63) is 23.8 Å². The lowest BCUT2D eigenvalue weighted by molar-refractivity contribution is -0.272. The maximum atomic E-state index is 6.89. The van der Waals surface area contributed by atoms with Gasteiger partial charge in [-0.05, 0) is 90.9 Å². The lowest BCUT2D eigenvalue weighted by Crippen LogP contribution is -2.51. The first-order chi connectivity index (χ1) is 13.9. The third-order valence-corrected chi connectivity index (χ3v) is 10.9. The topological polar surface area (TPSA) is 18.5 Å². The van der Waals surface area contributed by atoms with Crippen LogP contribution in [0.15, 0.2) is 23.8 Å². The van der Waals surface area contributed by atoms with E-state index >= 15 is 0 Å². The largest absolute Gasteiger partial charge is 0.349 e. The van der Waals surface area contributed by atoms with E-state index in [2.05, 4.69) is 45.9 Å². The van der Waals surface area contributed by atoms with Crippen LogP contribution in [-0.2, 0) is 9.47 Å². The summed E-state index contributed by atoms with van der Waals surface area (Å²) in [7, 11) is 0. The van der Waals surface area contributed by atoms with Crippen molar-refractivity contribution in [2.24, 2.45) is 46.3 Å². The Bertz CT molecular complexity index is 744. The minimum absolute atomic E-state index is 0.271. The molecule has 10 atom stereocenters. The van der Waals surface area contributed by atoms with Gasteiger partial charge >= 0.3 is 0 Å². The van der Waals surface area contributed by atoms with E-state index in [4.69, 9.17) is 9.47 Å². The molecule has 0 bridgehead atoms. The van der Waals surface area contributed by atoms with Gasteiger partial charge in [-0.1, -0.05) is 45.9 Å². The smallest absolute Gasteiger partial charge is 0.171 e. The van der Waals surface area contributed by atoms with Crippen molar-refractivity contribution in [2.45, 2.75) is 91.0 Å². The Morgan fingerprint density at radius 1 is 1.03 bits per heavy atom. The van der Waals surface area contributed by atoms with Crippen molar-refractivity contribution in [3.8, 4) is 0 Å². The summed E-state index contributed by atoms with van der Waals surface area (Å²) in [5.41, 5.74) is 2.51. The molecule has 29 heavy (non-hydrogen) atoms. The van der Waals surface area contributed by atoms with Gasteiger partial charge in [0.1, 0.15) is 0 Å². The molecule has 2 nitrogen and oxygen atoms in total. The molecule has 0 N–H and O–H groups in total. The molecule has 2 saturated heterocycles. The normalized spacial score (nSPS) is 58.3. The summed E-state index contributed by atoms with van der Waals surface area (Å²) >= 11 is 0. The van der Waals surface area contributed by atoms with E-state index in [0.29, 0.717) is 34.7 Å². The second-order valence-electron chi connectivity index (χ2n) is 12.1. The van der Waals surface area contributed by atoms with Crippen molar-refractivity contribution in [1.29, 1.82) is 0 Å². The molecular formula is C27H40O2. The highest BCUT2D eigenvalue weighted by Gasteiger charge is 2.68. The molecule has 0 aromatic heterocycles. The van der Waals surface area contributed by atoms with Gasteiger partial charge in [0.05, 0.1) is 12.7 Å². The van der Waals surface area contributed by atoms with Crippen LogP contribution in [0.4, 0.5) is 0 Å². The summed E-state index contributed by atoms with van der Waals surface area (Å²) in [4.78, 5) is 0. The standard InChI is InChI=1S/C27H40O2/c1-17-10-14-27(28-16-17)18(2)24-23(29-27)15-22-20-9-8-19-7-5-6-12-25(19,3)21(20)11-13-26(22,24)4/h5,7-8,17-18,20-24H,6,9-16H2,1-4H3/t17?,18-,20+,21-,22-,23-,24-,25-,26-,27+/m0/s1. The summed E-state index contributed by atoms with van der Waals surface area (Å²) in [5.74, 6) is 4.20. The minimum atomic E-state index is -0.271. The zero-order chi connectivity index (χ0) is 20.0. The molecule has 2 heteroatoms. The Labute approximate surface area is 177 Å². The van der Waals surface area contributed by atoms with Crippen LogP contribution >= 0.6 is 0 Å². The molecule has 0 aromatic rings. The van der Waals surface area contributed by atoms with E-state index in [9.17, 15) is 0 Å². The van der Waals surface area contributed by atoms with Gasteiger partial charge in [-0.3, -0.25) is 0 Å². The Morgan fingerprint density at radius 2 is 1.90 bits per heavy atom. The third kappa shape index (κ3) is 2.42. The summed E-state index contributed by atoms with van der Waals surface area (Å²) < 4.78 is 13.4. The molecule has 1 spiro atoms. The zero-order valence-electron chi connectivity index (χ0n) is 19.0. The second kappa shape index (κ2) is 6.22. The van der Waals surface area contributed by atoms with Gasteiger partial charge < -0.3 is 9.47 Å². The van der Waals surface area contributed by atoms with Crippen molar-refractivity contribution in [2.75, 3.05) is 6.61 Å². The van der Waals surface area contributed by atoms with Gasteiger partial charge in [0, 0.05) is 12.3 Å². The molecule has 160 valence electrons. The lowest BCUT2D eigenvalue weighted by Gasteiger charge is -2.57. The third-order valence-electron chi connectivity index (χ3n) is 10.9. The molecule has 1 unspecified atom stereocenters. The first kappa shape index (κ1) is 19.1. The first-order valence-electron chi connectivity index (χ1n) is 12.6. The monoisotopic (exact) mass is 396 g/mol. The van der Waals surface area contributed by atoms with Crippen LogP contribution in [0.3, 0.4) is 0 Å². The molecule has 0 amide bonds. The summed E-state index contributed by atoms with van der Waals surface area (Å²) in [6.07, 6.45) is 18.3. The number of fused-ring (bicyclic) bond motifs is 7. The SMILES string of the molecule is CC1CC[C@@]2(OC1)O[C@H]1C[C@H]3[C@@H]4CC=C5C=CCC[C@]5(C)[C@H]4CC[C@]3(C)[C@H]1[C@@H]2C. The predicted molar refractivity (Wildman–Crippen MR) is 116 cm³/mol. The van der Waals surface area contributed by atoms with Crippen LogP contribution in [0.2, 0.25) is 0 Å². The Morgan fingerprint density at radius 3 is 2.69 bits per heavy atom. The van der Waals surface area contributed by atoms with Crippen LogP contribution in [0.25, 0.3) is 0 Å². The van der Waals surface area contributed by atoms with Gasteiger partial charge in [0.25, 0.3) is 0 Å². The minimum Gasteiger partial charge on any atom is -0.349 e. The first-order valence-corrected chi connectivity index (χ1v) is 12.6. The molecule has 6 aliphatic rings. The molecule has 4 fully saturated rings. The molecule has 2 saturated carbocycles. The molecule has 2 heterocycles. The fraction of sp³-hybridized carbons (Fsp3) is 0.852. The average Bonchev–Trinajstić information content (AvgIpc) is 3.15. The number of ether oxygens (including phenoxy) is 2. The average molecular weight is 397 g/mol. The van der Waals surface area contributed by atoms with E-state index in [0.717, 1.165) is 30.8 Å². The van der Waals surface area contributed by atoms with E-state index in [1.165, 1.54) is 44.9 Å². The molecular weight excluding hydrogens is 356 g/mol. The second-order valence-corrected chi connectivity index (χ2v) is 12.1. The highest BCUT2D eigenvalue weighted by atomic mass is 16.7. The highest BCUT2D eigenvalue weighted by Crippen LogP contribution is 2.70. The number of hydrogen-bond donors (Lipinski definition) is 0. The predicted octanol–water partition coefficient (Wildman–Crippen LogP) is 6.52. The van der Waals surface area contributed by atoms with E-state index < -0.39 is 0 Å². The van der Waals surface area contributed by atoms with E-state index in [-0.39, 0.29) is 5.79 Å². The summed E-state index contributed by atoms with van der Waals surface area (Å²) in [6, 6.07) is 0. The number of hydrogen-bond acceptors (Lipinski definition) is 2. The maximum Gasteiger partial charge on any atom is 0.171 e. The summed E-state index contributed by atoms with van der Waals surface area (Å²) in [5, 5.41) is 0. The van der Waals surface area contributed by atoms with Crippen LogP contribution in [0, 0.1) is 46.3 Å². The molecule has 4 aliphatic carbocycles. The number of rotatable bonds is 0. The van der Waals surface area contributed by atoms with E-state index in [1.807, 2.05) is 0 Å². The quantitative estimate of drug-likeness (QED) is 0.464. The highest BCUT2D eigenvalue weighted by molar-refractivity contribution is 5.34. The van der Waals surface area contributed by atoms with Crippen LogP contribution in [0.5, 0.6) is 0 Å². The van der Waals surface area contributed by atoms with Gasteiger partial charge in [-0.25, -0.2) is 0 Å². The van der Waals surface area contributed by atoms with Gasteiger partial charge in [0.15, 0.2) is 5.79 Å². The summed E-state index contributed by atoms with van der Waals surface area (Å²) in [6.45, 7) is 10.9. The van der Waals surface area contributed by atoms with Crippen molar-refractivity contribution in [3.63, 3.8) is 0 Å². The fourth-order valence-corrected chi connectivity index (χ4v) is 9.32. The Balaban J connectivity index is 1.30. The Kier molecular flexibility index (Phi) is 4.10. The molecule has 0 radical (unpaired) electrons. The van der Waals surface area contributed by atoms with Crippen LogP contribution in [-0.4, -0.2) is 18.5 Å². The maximum absolute atomic E-state index is 6.89. The van der Waals surface area contributed by atoms with Crippen molar-refractivity contribution < 1.29 is 9.47 Å². The van der Waals surface area contributed by atoms with E-state index in [1.54, 1.807) is 5.57 Å². The van der Waals surface area contributed by atoms with Crippen LogP contribution < -0.4 is 0 Å². The lowest BCUT2D eigenvalue weighted by atomic mass is 9.47. The fourth-order valence-electron chi connectivity index (χ4n) is 9.32. The molecule has 0 aromatic carbocycles. The van der Waals surface area contributed by atoms with Crippen molar-refractivity contribution in [1.82, 2.24) is 0 Å². The van der Waals surface area contributed by atoms with Gasteiger partial charge in [0.2, 0.25) is 0 Å².